The summed E-state index contributed by atoms with van der Waals surface area (Å²) in [5.41, 5.74) is 7.47. The summed E-state index contributed by atoms with van der Waals surface area (Å²) in [6.45, 7) is 2.30. The van der Waals surface area contributed by atoms with Gasteiger partial charge in [0, 0.05) is 26.3 Å². The van der Waals surface area contributed by atoms with Crippen molar-refractivity contribution in [1.29, 1.82) is 0 Å². The third kappa shape index (κ3) is 6.01. The number of amides is 1. The van der Waals surface area contributed by atoms with Gasteiger partial charge in [-0.25, -0.2) is 8.42 Å². The Hall–Kier alpha value is -2.78. The molecule has 0 aliphatic carbocycles. The number of carbonyl (C=O) groups is 1. The van der Waals surface area contributed by atoms with Crippen LogP contribution in [-0.4, -0.2) is 45.0 Å². The van der Waals surface area contributed by atoms with Crippen molar-refractivity contribution in [1.82, 2.24) is 14.9 Å². The van der Waals surface area contributed by atoms with Gasteiger partial charge in [-0.05, 0) is 59.7 Å². The highest BCUT2D eigenvalue weighted by atomic mass is 32.2. The molecule has 0 bridgehead atoms. The molecule has 0 unspecified atom stereocenters. The molecular formula is C26H32N4O3S. The summed E-state index contributed by atoms with van der Waals surface area (Å²) in [5, 5.41) is 4.89. The molecule has 1 heterocycles. The molecule has 3 aromatic carbocycles. The number of hydrogen-bond acceptors (Lipinski definition) is 5. The van der Waals surface area contributed by atoms with E-state index in [1.807, 2.05) is 48.5 Å². The van der Waals surface area contributed by atoms with Gasteiger partial charge in [-0.15, -0.1) is 0 Å². The number of carbonyl (C=O) groups excluding carboxylic acids is 1. The van der Waals surface area contributed by atoms with Crippen LogP contribution in [0, 0.1) is 0 Å². The summed E-state index contributed by atoms with van der Waals surface area (Å²) < 4.78 is 29.5. The van der Waals surface area contributed by atoms with E-state index in [1.54, 1.807) is 23.1 Å². The second kappa shape index (κ2) is 11.1. The van der Waals surface area contributed by atoms with Crippen molar-refractivity contribution < 1.29 is 13.2 Å². The van der Waals surface area contributed by atoms with Crippen LogP contribution in [0.5, 0.6) is 0 Å². The van der Waals surface area contributed by atoms with Crippen LogP contribution in [0.25, 0.3) is 10.8 Å². The maximum atomic E-state index is 13.5. The minimum atomic E-state index is -3.91. The highest BCUT2D eigenvalue weighted by Crippen LogP contribution is 2.21. The van der Waals surface area contributed by atoms with E-state index < -0.39 is 16.1 Å². The summed E-state index contributed by atoms with van der Waals surface area (Å²) in [6.07, 6.45) is 3.25. The molecule has 8 heteroatoms. The lowest BCUT2D eigenvalue weighted by Crippen LogP contribution is -2.50. The minimum absolute atomic E-state index is 0.156. The second-order valence-corrected chi connectivity index (χ2v) is 10.4. The molecule has 34 heavy (non-hydrogen) atoms. The van der Waals surface area contributed by atoms with Gasteiger partial charge in [0.25, 0.3) is 0 Å². The first-order valence-corrected chi connectivity index (χ1v) is 13.2. The van der Waals surface area contributed by atoms with Crippen LogP contribution in [0.15, 0.2) is 71.6 Å². The van der Waals surface area contributed by atoms with Gasteiger partial charge in [-0.1, -0.05) is 54.6 Å². The molecule has 1 aliphatic heterocycles. The molecule has 1 saturated heterocycles. The van der Waals surface area contributed by atoms with Crippen LogP contribution in [0.4, 0.5) is 0 Å². The zero-order valence-electron chi connectivity index (χ0n) is 19.2. The fraction of sp³-hybridized carbons (Fsp3) is 0.346. The number of nitrogens with zero attached hydrogens (tertiary/aromatic N) is 1. The lowest BCUT2D eigenvalue weighted by molar-refractivity contribution is -0.133. The van der Waals surface area contributed by atoms with E-state index in [4.69, 9.17) is 5.73 Å². The number of benzene rings is 3. The van der Waals surface area contributed by atoms with Crippen molar-refractivity contribution in [2.75, 3.05) is 19.8 Å². The van der Waals surface area contributed by atoms with Crippen LogP contribution >= 0.6 is 0 Å². The molecule has 1 aliphatic rings. The van der Waals surface area contributed by atoms with Crippen LogP contribution < -0.4 is 15.8 Å². The Bertz CT molecular complexity index is 1240. The Morgan fingerprint density at radius 1 is 0.912 bits per heavy atom. The Morgan fingerprint density at radius 3 is 2.41 bits per heavy atom. The van der Waals surface area contributed by atoms with E-state index in [9.17, 15) is 13.2 Å². The molecule has 180 valence electrons. The van der Waals surface area contributed by atoms with Crippen molar-refractivity contribution in [2.45, 2.75) is 43.2 Å². The number of fused-ring (bicyclic) bond motifs is 1. The van der Waals surface area contributed by atoms with E-state index in [-0.39, 0.29) is 17.2 Å². The quantitative estimate of drug-likeness (QED) is 0.409. The summed E-state index contributed by atoms with van der Waals surface area (Å²) in [5.74, 6) is -0.172. The highest BCUT2D eigenvalue weighted by molar-refractivity contribution is 7.89. The van der Waals surface area contributed by atoms with Gasteiger partial charge in [-0.2, -0.15) is 4.72 Å². The topological polar surface area (TPSA) is 105 Å². The fourth-order valence-corrected chi connectivity index (χ4v) is 5.65. The second-order valence-electron chi connectivity index (χ2n) is 8.72. The van der Waals surface area contributed by atoms with Crippen molar-refractivity contribution in [2.24, 2.45) is 5.73 Å². The average Bonchev–Trinajstić information content (AvgIpc) is 2.87. The first-order chi connectivity index (χ1) is 16.5. The maximum Gasteiger partial charge on any atom is 0.241 e. The first kappa shape index (κ1) is 24.3. The predicted octanol–water partition coefficient (Wildman–Crippen LogP) is 2.75. The predicted molar refractivity (Wildman–Crippen MR) is 135 cm³/mol. The van der Waals surface area contributed by atoms with Crippen LogP contribution in [0.3, 0.4) is 0 Å². The summed E-state index contributed by atoms with van der Waals surface area (Å²) in [7, 11) is -3.91. The van der Waals surface area contributed by atoms with Gasteiger partial charge in [0.1, 0.15) is 6.04 Å². The Morgan fingerprint density at radius 2 is 1.65 bits per heavy atom. The normalized spacial score (nSPS) is 15.4. The number of piperidine rings is 1. The van der Waals surface area contributed by atoms with Crippen LogP contribution in [-0.2, 0) is 27.8 Å². The molecule has 0 spiro atoms. The average molecular weight is 481 g/mol. The third-order valence-corrected chi connectivity index (χ3v) is 7.67. The Labute approximate surface area is 201 Å². The van der Waals surface area contributed by atoms with Gasteiger partial charge in [0.2, 0.25) is 15.9 Å². The number of sulfonamides is 1. The summed E-state index contributed by atoms with van der Waals surface area (Å²) in [4.78, 5) is 15.4. The van der Waals surface area contributed by atoms with E-state index in [2.05, 4.69) is 10.0 Å². The smallest absolute Gasteiger partial charge is 0.241 e. The van der Waals surface area contributed by atoms with E-state index in [0.29, 0.717) is 26.3 Å². The summed E-state index contributed by atoms with van der Waals surface area (Å²) in [6, 6.07) is 19.6. The van der Waals surface area contributed by atoms with E-state index >= 15 is 0 Å². The van der Waals surface area contributed by atoms with Crippen LogP contribution in [0.1, 0.15) is 30.4 Å². The van der Waals surface area contributed by atoms with Crippen molar-refractivity contribution in [3.05, 3.63) is 77.9 Å². The van der Waals surface area contributed by atoms with Gasteiger partial charge < -0.3 is 16.0 Å². The summed E-state index contributed by atoms with van der Waals surface area (Å²) >= 11 is 0. The molecule has 0 aromatic heterocycles. The molecule has 4 rings (SSSR count). The molecule has 1 atom stereocenters. The molecule has 1 amide bonds. The van der Waals surface area contributed by atoms with Gasteiger partial charge in [0.15, 0.2) is 0 Å². The molecular weight excluding hydrogens is 448 g/mol. The van der Waals surface area contributed by atoms with Crippen LogP contribution in [0.2, 0.25) is 0 Å². The first-order valence-electron chi connectivity index (χ1n) is 11.7. The SMILES string of the molecule is NCNCc1cccc(C[C@@H](NS(=O)(=O)c2ccc3ccccc3c2)C(=O)N2CCCCC2)c1. The third-order valence-electron chi connectivity index (χ3n) is 6.20. The highest BCUT2D eigenvalue weighted by Gasteiger charge is 2.30. The van der Waals surface area contributed by atoms with E-state index in [1.165, 1.54) is 0 Å². The van der Waals surface area contributed by atoms with Gasteiger partial charge in [-0.3, -0.25) is 4.79 Å². The molecule has 4 N–H and O–H groups in total. The number of likely N-dealkylation sites (tertiary alicyclic amines) is 1. The van der Waals surface area contributed by atoms with Crippen molar-refractivity contribution in [3.8, 4) is 0 Å². The fourth-order valence-electron chi connectivity index (χ4n) is 4.42. The largest absolute Gasteiger partial charge is 0.341 e. The number of rotatable bonds is 9. The van der Waals surface area contributed by atoms with E-state index in [0.717, 1.165) is 41.2 Å². The van der Waals surface area contributed by atoms with Crippen molar-refractivity contribution >= 4 is 26.7 Å². The monoisotopic (exact) mass is 480 g/mol. The Balaban J connectivity index is 1.61. The maximum absolute atomic E-state index is 13.5. The van der Waals surface area contributed by atoms with Crippen molar-refractivity contribution in [3.63, 3.8) is 0 Å². The zero-order chi connectivity index (χ0) is 24.0. The molecule has 0 saturated carbocycles. The standard InChI is InChI=1S/C26H32N4O3S/c27-19-28-18-21-8-6-7-20(15-21)16-25(26(31)30-13-4-1-5-14-30)29-34(32,33)24-12-11-22-9-2-3-10-23(22)17-24/h2-3,6-12,15,17,25,28-29H,1,4-5,13-14,16,18-19,27H2/t25-/m1/s1. The lowest BCUT2D eigenvalue weighted by atomic mass is 10.0. The van der Waals surface area contributed by atoms with Gasteiger partial charge in [0.05, 0.1) is 4.90 Å². The number of hydrogen-bond donors (Lipinski definition) is 3. The number of nitrogens with one attached hydrogen (secondary N) is 2. The number of nitrogens with two attached hydrogens (primary N) is 1. The molecule has 7 nitrogen and oxygen atoms in total. The molecule has 3 aromatic rings. The Kier molecular flexibility index (Phi) is 7.95. The lowest BCUT2D eigenvalue weighted by Gasteiger charge is -2.31. The zero-order valence-corrected chi connectivity index (χ0v) is 20.1. The minimum Gasteiger partial charge on any atom is -0.341 e. The van der Waals surface area contributed by atoms with Gasteiger partial charge >= 0.3 is 0 Å². The molecule has 1 fully saturated rings. The molecule has 0 radical (unpaired) electrons.